The predicted molar refractivity (Wildman–Crippen MR) is 127 cm³/mol. The molecule has 166 valence electrons. The smallest absolute Gasteiger partial charge is 0.126 e. The first-order chi connectivity index (χ1) is 15.2. The number of aromatic nitrogens is 1. The normalized spacial score (nSPS) is 27.4. The van der Waals surface area contributed by atoms with Crippen LogP contribution in [0.1, 0.15) is 73.1 Å². The summed E-state index contributed by atoms with van der Waals surface area (Å²) in [7, 11) is -0.670. The summed E-state index contributed by atoms with van der Waals surface area (Å²) in [5.41, 5.74) is 12.7. The van der Waals surface area contributed by atoms with Gasteiger partial charge in [-0.15, -0.1) is 0 Å². The fourth-order valence-electron chi connectivity index (χ4n) is 5.47. The second-order valence-corrected chi connectivity index (χ2v) is 10.9. The van der Waals surface area contributed by atoms with Gasteiger partial charge in [-0.05, 0) is 91.3 Å². The van der Waals surface area contributed by atoms with E-state index in [0.717, 1.165) is 68.1 Å². The average Bonchev–Trinajstić information content (AvgIpc) is 3.35. The number of nitrogens with one attached hydrogen (secondary N) is 1. The molecule has 0 spiro atoms. The lowest BCUT2D eigenvalue weighted by molar-refractivity contribution is 0.0851. The number of nitrogens with zero attached hydrogens (tertiary/aromatic N) is 1. The van der Waals surface area contributed by atoms with E-state index in [-0.39, 0.29) is 0 Å². The number of rotatable bonds is 4. The lowest BCUT2D eigenvalue weighted by atomic mass is 9.83. The molecule has 3 fully saturated rings. The maximum Gasteiger partial charge on any atom is 0.126 e. The SMILES string of the molecule is Nc1ncc(-c2ccc(C3CCOCC3)c(C3CCCN3)c2)cc1C1CCS(=O)CC1. The monoisotopic (exact) mass is 439 g/mol. The van der Waals surface area contributed by atoms with Crippen LogP contribution in [-0.4, -0.2) is 40.5 Å². The van der Waals surface area contributed by atoms with E-state index >= 15 is 0 Å². The first-order valence-corrected chi connectivity index (χ1v) is 13.2. The molecule has 3 saturated heterocycles. The molecule has 0 saturated carbocycles. The van der Waals surface area contributed by atoms with E-state index < -0.39 is 10.8 Å². The quantitative estimate of drug-likeness (QED) is 0.744. The Labute approximate surface area is 187 Å². The molecule has 0 amide bonds. The summed E-state index contributed by atoms with van der Waals surface area (Å²) >= 11 is 0. The maximum absolute atomic E-state index is 11.8. The van der Waals surface area contributed by atoms with Gasteiger partial charge in [0.2, 0.25) is 0 Å². The Balaban J connectivity index is 1.49. The fraction of sp³-hybridized carbons (Fsp3) is 0.560. The molecule has 3 N–H and O–H groups in total. The third kappa shape index (κ3) is 4.57. The van der Waals surface area contributed by atoms with Crippen molar-refractivity contribution in [1.29, 1.82) is 0 Å². The van der Waals surface area contributed by atoms with Crippen molar-refractivity contribution in [2.45, 2.75) is 56.4 Å². The van der Waals surface area contributed by atoms with Crippen molar-refractivity contribution in [2.75, 3.05) is 37.0 Å². The van der Waals surface area contributed by atoms with E-state index in [1.54, 1.807) is 0 Å². The van der Waals surface area contributed by atoms with Gasteiger partial charge in [-0.25, -0.2) is 4.98 Å². The zero-order valence-electron chi connectivity index (χ0n) is 18.1. The van der Waals surface area contributed by atoms with E-state index in [0.29, 0.717) is 23.7 Å². The van der Waals surface area contributed by atoms with Crippen LogP contribution in [-0.2, 0) is 15.5 Å². The molecule has 0 radical (unpaired) electrons. The molecule has 1 aromatic heterocycles. The van der Waals surface area contributed by atoms with Gasteiger partial charge in [0.15, 0.2) is 0 Å². The minimum Gasteiger partial charge on any atom is -0.383 e. The minimum absolute atomic E-state index is 0.364. The topological polar surface area (TPSA) is 77.2 Å². The molecule has 0 aliphatic carbocycles. The van der Waals surface area contributed by atoms with Crippen LogP contribution in [0, 0.1) is 0 Å². The van der Waals surface area contributed by atoms with Crippen molar-refractivity contribution in [3.05, 3.63) is 47.2 Å². The standard InChI is InChI=1S/C25H33N3O2S/c26-25-22(18-7-12-31(29)13-8-18)15-20(16-28-25)19-3-4-21(17-5-10-30-11-6-17)23(14-19)24-2-1-9-27-24/h3-4,14-18,24,27H,1-2,5-13H2,(H2,26,28). The van der Waals surface area contributed by atoms with E-state index in [4.69, 9.17) is 10.5 Å². The Bertz CT molecular complexity index is 942. The first kappa shape index (κ1) is 21.1. The van der Waals surface area contributed by atoms with Gasteiger partial charge in [0.05, 0.1) is 0 Å². The molecular weight excluding hydrogens is 406 g/mol. The Morgan fingerprint density at radius 1 is 0.935 bits per heavy atom. The molecule has 3 aliphatic rings. The minimum atomic E-state index is -0.670. The van der Waals surface area contributed by atoms with Crippen LogP contribution < -0.4 is 11.1 Å². The third-order valence-corrected chi connectivity index (χ3v) is 8.68. The van der Waals surface area contributed by atoms with Crippen molar-refractivity contribution in [3.8, 4) is 11.1 Å². The molecule has 1 unspecified atom stereocenters. The van der Waals surface area contributed by atoms with E-state index in [1.807, 2.05) is 6.20 Å². The summed E-state index contributed by atoms with van der Waals surface area (Å²) in [5, 5.41) is 3.71. The summed E-state index contributed by atoms with van der Waals surface area (Å²) in [6.45, 7) is 2.82. The Morgan fingerprint density at radius 3 is 2.42 bits per heavy atom. The highest BCUT2D eigenvalue weighted by molar-refractivity contribution is 7.85. The highest BCUT2D eigenvalue weighted by Gasteiger charge is 2.26. The number of pyridine rings is 1. The Morgan fingerprint density at radius 2 is 1.68 bits per heavy atom. The Kier molecular flexibility index (Phi) is 6.39. The van der Waals surface area contributed by atoms with Crippen LogP contribution in [0.2, 0.25) is 0 Å². The van der Waals surface area contributed by atoms with E-state index in [2.05, 4.69) is 34.6 Å². The zero-order chi connectivity index (χ0) is 21.2. The molecule has 4 heterocycles. The second-order valence-electron chi connectivity index (χ2n) is 9.20. The molecular formula is C25H33N3O2S. The summed E-state index contributed by atoms with van der Waals surface area (Å²) in [5.74, 6) is 3.11. The van der Waals surface area contributed by atoms with Gasteiger partial charge in [-0.1, -0.05) is 12.1 Å². The molecule has 31 heavy (non-hydrogen) atoms. The van der Waals surface area contributed by atoms with Crippen molar-refractivity contribution in [3.63, 3.8) is 0 Å². The van der Waals surface area contributed by atoms with E-state index in [9.17, 15) is 4.21 Å². The molecule has 2 aromatic rings. The number of anilines is 1. The van der Waals surface area contributed by atoms with Crippen molar-refractivity contribution in [1.82, 2.24) is 10.3 Å². The predicted octanol–water partition coefficient (Wildman–Crippen LogP) is 4.28. The van der Waals surface area contributed by atoms with Gasteiger partial charge in [-0.2, -0.15) is 0 Å². The lowest BCUT2D eigenvalue weighted by Gasteiger charge is -2.27. The highest BCUT2D eigenvalue weighted by Crippen LogP contribution is 2.39. The molecule has 6 heteroatoms. The third-order valence-electron chi connectivity index (χ3n) is 7.29. The van der Waals surface area contributed by atoms with Gasteiger partial charge in [-0.3, -0.25) is 4.21 Å². The van der Waals surface area contributed by atoms with Crippen molar-refractivity contribution >= 4 is 16.6 Å². The summed E-state index contributed by atoms with van der Waals surface area (Å²) < 4.78 is 17.4. The van der Waals surface area contributed by atoms with Crippen LogP contribution >= 0.6 is 0 Å². The first-order valence-electron chi connectivity index (χ1n) is 11.7. The number of hydrogen-bond acceptors (Lipinski definition) is 5. The fourth-order valence-corrected chi connectivity index (χ4v) is 6.77. The van der Waals surface area contributed by atoms with Gasteiger partial charge in [0.25, 0.3) is 0 Å². The van der Waals surface area contributed by atoms with Gasteiger partial charge in [0.1, 0.15) is 5.82 Å². The lowest BCUT2D eigenvalue weighted by Crippen LogP contribution is -2.20. The molecule has 1 atom stereocenters. The summed E-state index contributed by atoms with van der Waals surface area (Å²) in [6.07, 6.45) is 8.42. The van der Waals surface area contributed by atoms with Gasteiger partial charge in [0, 0.05) is 53.3 Å². The molecule has 5 nitrogen and oxygen atoms in total. The van der Waals surface area contributed by atoms with Crippen molar-refractivity contribution < 1.29 is 8.95 Å². The van der Waals surface area contributed by atoms with Crippen LogP contribution in [0.15, 0.2) is 30.5 Å². The molecule has 0 bridgehead atoms. The number of hydrogen-bond donors (Lipinski definition) is 2. The maximum atomic E-state index is 11.8. The van der Waals surface area contributed by atoms with E-state index in [1.165, 1.54) is 29.5 Å². The summed E-state index contributed by atoms with van der Waals surface area (Å²) in [6, 6.07) is 9.67. The van der Waals surface area contributed by atoms with Crippen LogP contribution in [0.25, 0.3) is 11.1 Å². The second kappa shape index (κ2) is 9.39. The van der Waals surface area contributed by atoms with Crippen LogP contribution in [0.4, 0.5) is 5.82 Å². The molecule has 1 aromatic carbocycles. The summed E-state index contributed by atoms with van der Waals surface area (Å²) in [4.78, 5) is 4.56. The van der Waals surface area contributed by atoms with Gasteiger partial charge >= 0.3 is 0 Å². The molecule has 5 rings (SSSR count). The van der Waals surface area contributed by atoms with Crippen LogP contribution in [0.3, 0.4) is 0 Å². The van der Waals surface area contributed by atoms with Crippen molar-refractivity contribution in [2.24, 2.45) is 0 Å². The number of nitrogens with two attached hydrogens (primary N) is 1. The Hall–Kier alpha value is -1.76. The largest absolute Gasteiger partial charge is 0.383 e. The average molecular weight is 440 g/mol. The highest BCUT2D eigenvalue weighted by atomic mass is 32.2. The number of nitrogen functional groups attached to an aromatic ring is 1. The van der Waals surface area contributed by atoms with Gasteiger partial charge < -0.3 is 15.8 Å². The number of benzene rings is 1. The molecule has 3 aliphatic heterocycles. The number of ether oxygens (including phenoxy) is 1. The zero-order valence-corrected chi connectivity index (χ0v) is 19.0. The van der Waals surface area contributed by atoms with Crippen LogP contribution in [0.5, 0.6) is 0 Å².